The Hall–Kier alpha value is -0.380. The summed E-state index contributed by atoms with van der Waals surface area (Å²) < 4.78 is 5.14. The molecule has 1 atom stereocenters. The van der Waals surface area contributed by atoms with Gasteiger partial charge in [0.2, 0.25) is 6.41 Å². The fraction of sp³-hybridized carbons (Fsp3) is 0.750. The number of hydrogen-bond acceptors (Lipinski definition) is 3. The highest BCUT2D eigenvalue weighted by Crippen LogP contribution is 2.07. The van der Waals surface area contributed by atoms with Crippen molar-refractivity contribution < 1.29 is 9.84 Å². The fourth-order valence-electron chi connectivity index (χ4n) is 0.561. The second-order valence-corrected chi connectivity index (χ2v) is 3.28. The summed E-state index contributed by atoms with van der Waals surface area (Å²) in [6, 6.07) is 0. The maximum absolute atomic E-state index is 9.13. The van der Waals surface area contributed by atoms with E-state index in [-0.39, 0.29) is 5.60 Å². The van der Waals surface area contributed by atoms with Crippen molar-refractivity contribution in [2.75, 3.05) is 6.54 Å². The SMILES string of the molecule is C=CCNC(O)OC(C)(C)C. The highest BCUT2D eigenvalue weighted by molar-refractivity contribution is 4.69. The van der Waals surface area contributed by atoms with Crippen LogP contribution in [0.3, 0.4) is 0 Å². The summed E-state index contributed by atoms with van der Waals surface area (Å²) in [5, 5.41) is 11.8. The number of nitrogens with one attached hydrogen (secondary N) is 1. The van der Waals surface area contributed by atoms with Crippen LogP contribution >= 0.6 is 0 Å². The predicted molar refractivity (Wildman–Crippen MR) is 45.0 cm³/mol. The molecule has 3 heteroatoms. The molecule has 0 radical (unpaired) electrons. The van der Waals surface area contributed by atoms with Crippen LogP contribution in [0.4, 0.5) is 0 Å². The highest BCUT2D eigenvalue weighted by Gasteiger charge is 2.14. The van der Waals surface area contributed by atoms with Gasteiger partial charge in [0.05, 0.1) is 5.60 Å². The first-order valence-electron chi connectivity index (χ1n) is 3.66. The molecule has 3 nitrogen and oxygen atoms in total. The molecule has 0 heterocycles. The lowest BCUT2D eigenvalue weighted by Crippen LogP contribution is -2.37. The van der Waals surface area contributed by atoms with Gasteiger partial charge < -0.3 is 9.84 Å². The van der Waals surface area contributed by atoms with E-state index in [1.807, 2.05) is 20.8 Å². The first kappa shape index (κ1) is 10.6. The zero-order valence-corrected chi connectivity index (χ0v) is 7.42. The first-order valence-corrected chi connectivity index (χ1v) is 3.66. The van der Waals surface area contributed by atoms with E-state index in [2.05, 4.69) is 11.9 Å². The molecule has 0 aliphatic heterocycles. The molecule has 0 aliphatic carbocycles. The second-order valence-electron chi connectivity index (χ2n) is 3.28. The molecule has 0 bridgehead atoms. The number of ether oxygens (including phenoxy) is 1. The van der Waals surface area contributed by atoms with Crippen LogP contribution in [0, 0.1) is 0 Å². The van der Waals surface area contributed by atoms with E-state index in [1.165, 1.54) is 0 Å². The van der Waals surface area contributed by atoms with Crippen LogP contribution in [0.2, 0.25) is 0 Å². The van der Waals surface area contributed by atoms with Crippen molar-refractivity contribution >= 4 is 0 Å². The minimum Gasteiger partial charge on any atom is -0.356 e. The van der Waals surface area contributed by atoms with Crippen molar-refractivity contribution in [2.24, 2.45) is 0 Å². The number of hydrogen-bond donors (Lipinski definition) is 2. The van der Waals surface area contributed by atoms with Gasteiger partial charge in [0, 0.05) is 6.54 Å². The van der Waals surface area contributed by atoms with Gasteiger partial charge in [-0.2, -0.15) is 0 Å². The average Bonchev–Trinajstić information content (AvgIpc) is 1.79. The molecule has 0 saturated carbocycles. The summed E-state index contributed by atoms with van der Waals surface area (Å²) in [5.74, 6) is 0. The quantitative estimate of drug-likeness (QED) is 0.472. The normalized spacial score (nSPS) is 14.5. The first-order chi connectivity index (χ1) is 4.95. The average molecular weight is 159 g/mol. The molecule has 11 heavy (non-hydrogen) atoms. The Morgan fingerprint density at radius 3 is 2.55 bits per heavy atom. The van der Waals surface area contributed by atoms with Gasteiger partial charge in [-0.15, -0.1) is 6.58 Å². The molecule has 66 valence electrons. The van der Waals surface area contributed by atoms with Crippen molar-refractivity contribution in [1.82, 2.24) is 5.32 Å². The van der Waals surface area contributed by atoms with Gasteiger partial charge in [0.1, 0.15) is 0 Å². The van der Waals surface area contributed by atoms with E-state index in [0.717, 1.165) is 0 Å². The van der Waals surface area contributed by atoms with E-state index < -0.39 is 6.41 Å². The third-order valence-electron chi connectivity index (χ3n) is 0.902. The summed E-state index contributed by atoms with van der Waals surface area (Å²) in [6.45, 7) is 9.68. The van der Waals surface area contributed by atoms with Gasteiger partial charge in [0.25, 0.3) is 0 Å². The maximum Gasteiger partial charge on any atom is 0.214 e. The van der Waals surface area contributed by atoms with Crippen molar-refractivity contribution in [3.63, 3.8) is 0 Å². The number of aliphatic hydroxyl groups is 1. The Morgan fingerprint density at radius 1 is 1.64 bits per heavy atom. The largest absolute Gasteiger partial charge is 0.356 e. The van der Waals surface area contributed by atoms with E-state index in [1.54, 1.807) is 6.08 Å². The van der Waals surface area contributed by atoms with Gasteiger partial charge in [-0.1, -0.05) is 6.08 Å². The van der Waals surface area contributed by atoms with Crippen molar-refractivity contribution in [1.29, 1.82) is 0 Å². The van der Waals surface area contributed by atoms with Gasteiger partial charge in [-0.3, -0.25) is 5.32 Å². The molecule has 0 saturated heterocycles. The van der Waals surface area contributed by atoms with Crippen LogP contribution in [-0.2, 0) is 4.74 Å². The van der Waals surface area contributed by atoms with Crippen molar-refractivity contribution in [3.05, 3.63) is 12.7 Å². The van der Waals surface area contributed by atoms with Gasteiger partial charge in [0.15, 0.2) is 0 Å². The Morgan fingerprint density at radius 2 is 2.18 bits per heavy atom. The second kappa shape index (κ2) is 4.49. The molecular weight excluding hydrogens is 142 g/mol. The molecule has 0 amide bonds. The van der Waals surface area contributed by atoms with Crippen LogP contribution in [0.5, 0.6) is 0 Å². The monoisotopic (exact) mass is 159 g/mol. The fourth-order valence-corrected chi connectivity index (χ4v) is 0.561. The predicted octanol–water partition coefficient (Wildman–Crippen LogP) is 0.853. The topological polar surface area (TPSA) is 41.5 Å². The van der Waals surface area contributed by atoms with Gasteiger partial charge in [-0.05, 0) is 20.8 Å². The lowest BCUT2D eigenvalue weighted by molar-refractivity contribution is -0.179. The summed E-state index contributed by atoms with van der Waals surface area (Å²) in [5.41, 5.74) is -0.326. The van der Waals surface area contributed by atoms with E-state index in [9.17, 15) is 0 Å². The molecule has 2 N–H and O–H groups in total. The van der Waals surface area contributed by atoms with Crippen LogP contribution in [-0.4, -0.2) is 23.7 Å². The Labute approximate surface area is 68.1 Å². The zero-order valence-electron chi connectivity index (χ0n) is 7.42. The molecule has 0 aliphatic rings. The summed E-state index contributed by atoms with van der Waals surface area (Å²) in [4.78, 5) is 0. The zero-order chi connectivity index (χ0) is 8.91. The molecule has 0 aromatic rings. The van der Waals surface area contributed by atoms with Crippen LogP contribution in [0.1, 0.15) is 20.8 Å². The Kier molecular flexibility index (Phi) is 4.33. The molecule has 0 fully saturated rings. The molecule has 0 aromatic carbocycles. The summed E-state index contributed by atoms with van der Waals surface area (Å²) in [7, 11) is 0. The lowest BCUT2D eigenvalue weighted by atomic mass is 10.2. The maximum atomic E-state index is 9.13. The van der Waals surface area contributed by atoms with Crippen molar-refractivity contribution in [2.45, 2.75) is 32.8 Å². The molecule has 0 spiro atoms. The smallest absolute Gasteiger partial charge is 0.214 e. The summed E-state index contributed by atoms with van der Waals surface area (Å²) >= 11 is 0. The molecule has 0 rings (SSSR count). The van der Waals surface area contributed by atoms with Gasteiger partial charge >= 0.3 is 0 Å². The minimum atomic E-state index is -0.909. The van der Waals surface area contributed by atoms with Crippen molar-refractivity contribution in [3.8, 4) is 0 Å². The molecule has 0 aromatic heterocycles. The van der Waals surface area contributed by atoms with E-state index in [0.29, 0.717) is 6.54 Å². The standard InChI is InChI=1S/C8H17NO2/c1-5-6-9-7(10)11-8(2,3)4/h5,7,9-10H,1,6H2,2-4H3. The molecular formula is C8H17NO2. The van der Waals surface area contributed by atoms with Crippen LogP contribution in [0.15, 0.2) is 12.7 Å². The molecule has 1 unspecified atom stereocenters. The van der Waals surface area contributed by atoms with Gasteiger partial charge in [-0.25, -0.2) is 0 Å². The Bertz CT molecular complexity index is 118. The minimum absolute atomic E-state index is 0.326. The van der Waals surface area contributed by atoms with Crippen LogP contribution < -0.4 is 5.32 Å². The number of aliphatic hydroxyl groups excluding tert-OH is 1. The number of rotatable bonds is 4. The summed E-state index contributed by atoms with van der Waals surface area (Å²) in [6.07, 6.45) is 0.753. The lowest BCUT2D eigenvalue weighted by Gasteiger charge is -2.23. The third kappa shape index (κ3) is 7.52. The van der Waals surface area contributed by atoms with Crippen LogP contribution in [0.25, 0.3) is 0 Å². The van der Waals surface area contributed by atoms with E-state index in [4.69, 9.17) is 9.84 Å². The Balaban J connectivity index is 3.51. The highest BCUT2D eigenvalue weighted by atomic mass is 16.6. The van der Waals surface area contributed by atoms with E-state index >= 15 is 0 Å². The third-order valence-corrected chi connectivity index (χ3v) is 0.902.